The predicted molar refractivity (Wildman–Crippen MR) is 77.2 cm³/mol. The maximum Gasteiger partial charge on any atom is 0.236 e. The summed E-state index contributed by atoms with van der Waals surface area (Å²) in [6.45, 7) is 8.13. The van der Waals surface area contributed by atoms with Gasteiger partial charge in [-0.3, -0.25) is 4.90 Å². The summed E-state index contributed by atoms with van der Waals surface area (Å²) in [4.78, 5) is 11.5. The summed E-state index contributed by atoms with van der Waals surface area (Å²) in [5.41, 5.74) is 1.02. The van der Waals surface area contributed by atoms with Gasteiger partial charge in [-0.1, -0.05) is 5.16 Å². The summed E-state index contributed by atoms with van der Waals surface area (Å²) in [5.74, 6) is 1.86. The molecule has 0 saturated carbocycles. The first-order chi connectivity index (χ1) is 10.2. The Morgan fingerprint density at radius 2 is 2.33 bits per heavy atom. The first-order valence-electron chi connectivity index (χ1n) is 7.18. The van der Waals surface area contributed by atoms with Gasteiger partial charge in [-0.05, 0) is 13.8 Å². The van der Waals surface area contributed by atoms with Gasteiger partial charge in [-0.15, -0.1) is 11.3 Å². The molecule has 0 N–H and O–H groups in total. The van der Waals surface area contributed by atoms with Crippen LogP contribution in [-0.4, -0.2) is 46.3 Å². The zero-order chi connectivity index (χ0) is 14.4. The molecule has 2 aliphatic heterocycles. The maximum absolute atomic E-state index is 5.71. The summed E-state index contributed by atoms with van der Waals surface area (Å²) in [5, 5.41) is 7.22. The SMILES string of the molecule is Cc1noc([C@@]23COC[C@@H]2CN(Cc2csc(C)n2)C3)n1. The van der Waals surface area contributed by atoms with E-state index in [0.29, 0.717) is 18.3 Å². The van der Waals surface area contributed by atoms with E-state index in [1.165, 1.54) is 0 Å². The predicted octanol–water partition coefficient (Wildman–Crippen LogP) is 1.54. The molecule has 0 bridgehead atoms. The molecule has 6 nitrogen and oxygen atoms in total. The van der Waals surface area contributed by atoms with Crippen molar-refractivity contribution in [1.29, 1.82) is 0 Å². The minimum atomic E-state index is -0.133. The minimum Gasteiger partial charge on any atom is -0.380 e. The highest BCUT2D eigenvalue weighted by molar-refractivity contribution is 7.09. The molecule has 21 heavy (non-hydrogen) atoms. The van der Waals surface area contributed by atoms with Gasteiger partial charge in [0.1, 0.15) is 0 Å². The van der Waals surface area contributed by atoms with Gasteiger partial charge in [0.15, 0.2) is 5.82 Å². The van der Waals surface area contributed by atoms with Crippen molar-refractivity contribution in [1.82, 2.24) is 20.0 Å². The number of rotatable bonds is 3. The van der Waals surface area contributed by atoms with Crippen LogP contribution in [0.5, 0.6) is 0 Å². The summed E-state index contributed by atoms with van der Waals surface area (Å²) >= 11 is 1.70. The zero-order valence-corrected chi connectivity index (χ0v) is 13.0. The van der Waals surface area contributed by atoms with E-state index in [-0.39, 0.29) is 5.41 Å². The van der Waals surface area contributed by atoms with Crippen LogP contribution in [0.3, 0.4) is 0 Å². The quantitative estimate of drug-likeness (QED) is 0.857. The lowest BCUT2D eigenvalue weighted by Gasteiger charge is -2.22. The Kier molecular flexibility index (Phi) is 3.09. The lowest BCUT2D eigenvalue weighted by molar-refractivity contribution is 0.137. The summed E-state index contributed by atoms with van der Waals surface area (Å²) in [6.07, 6.45) is 0. The van der Waals surface area contributed by atoms with E-state index < -0.39 is 0 Å². The van der Waals surface area contributed by atoms with Crippen LogP contribution in [0.1, 0.15) is 22.4 Å². The number of ether oxygens (including phenoxy) is 1. The van der Waals surface area contributed by atoms with Crippen molar-refractivity contribution in [3.8, 4) is 0 Å². The van der Waals surface area contributed by atoms with Gasteiger partial charge in [-0.25, -0.2) is 4.98 Å². The van der Waals surface area contributed by atoms with Crippen molar-refractivity contribution in [2.24, 2.45) is 5.92 Å². The summed E-state index contributed by atoms with van der Waals surface area (Å²) < 4.78 is 11.2. The Morgan fingerprint density at radius 3 is 3.05 bits per heavy atom. The standard InChI is InChI=1S/C14H18N4O2S/c1-9-15-13(20-17-9)14-7-18(3-11(14)5-19-8-14)4-12-6-21-10(2)16-12/h6,11H,3-5,7-8H2,1-2H3/t11-,14-/m0/s1. The van der Waals surface area contributed by atoms with E-state index in [2.05, 4.69) is 25.4 Å². The summed E-state index contributed by atoms with van der Waals surface area (Å²) in [7, 11) is 0. The maximum atomic E-state index is 5.71. The molecule has 112 valence electrons. The number of hydrogen-bond acceptors (Lipinski definition) is 7. The zero-order valence-electron chi connectivity index (χ0n) is 12.2. The average molecular weight is 306 g/mol. The first-order valence-corrected chi connectivity index (χ1v) is 8.05. The molecule has 0 radical (unpaired) electrons. The molecule has 2 aromatic rings. The van der Waals surface area contributed by atoms with Gasteiger partial charge in [0.2, 0.25) is 5.89 Å². The van der Waals surface area contributed by atoms with Crippen molar-refractivity contribution in [3.05, 3.63) is 27.8 Å². The van der Waals surface area contributed by atoms with Crippen molar-refractivity contribution in [2.75, 3.05) is 26.3 Å². The van der Waals surface area contributed by atoms with Crippen LogP contribution in [-0.2, 0) is 16.7 Å². The van der Waals surface area contributed by atoms with Crippen LogP contribution in [0.4, 0.5) is 0 Å². The highest BCUT2D eigenvalue weighted by Gasteiger charge is 2.55. The second-order valence-electron chi connectivity index (χ2n) is 6.04. The third kappa shape index (κ3) is 2.20. The number of aryl methyl sites for hydroxylation is 2. The van der Waals surface area contributed by atoms with Crippen molar-refractivity contribution in [2.45, 2.75) is 25.8 Å². The number of hydrogen-bond donors (Lipinski definition) is 0. The second kappa shape index (κ2) is 4.86. The molecule has 2 atom stereocenters. The molecule has 4 rings (SSSR count). The van der Waals surface area contributed by atoms with Gasteiger partial charge in [0, 0.05) is 30.9 Å². The van der Waals surface area contributed by atoms with E-state index in [9.17, 15) is 0 Å². The minimum absolute atomic E-state index is 0.133. The van der Waals surface area contributed by atoms with E-state index in [1.807, 2.05) is 13.8 Å². The second-order valence-corrected chi connectivity index (χ2v) is 7.10. The van der Waals surface area contributed by atoms with Gasteiger partial charge in [-0.2, -0.15) is 4.98 Å². The lowest BCUT2D eigenvalue weighted by Crippen LogP contribution is -2.35. The monoisotopic (exact) mass is 306 g/mol. The Hall–Kier alpha value is -1.31. The number of fused-ring (bicyclic) bond motifs is 1. The number of likely N-dealkylation sites (tertiary alicyclic amines) is 1. The summed E-state index contributed by atoms with van der Waals surface area (Å²) in [6, 6.07) is 0. The topological polar surface area (TPSA) is 64.3 Å². The van der Waals surface area contributed by atoms with E-state index in [0.717, 1.165) is 42.8 Å². The molecule has 7 heteroatoms. The van der Waals surface area contributed by atoms with E-state index >= 15 is 0 Å². The molecular formula is C14H18N4O2S. The molecule has 2 aliphatic rings. The molecule has 0 aliphatic carbocycles. The van der Waals surface area contributed by atoms with Gasteiger partial charge in [0.05, 0.1) is 29.3 Å². The number of thiazole rings is 1. The van der Waals surface area contributed by atoms with E-state index in [1.54, 1.807) is 11.3 Å². The third-order valence-corrected chi connectivity index (χ3v) is 5.27. The van der Waals surface area contributed by atoms with Gasteiger partial charge < -0.3 is 9.26 Å². The first kappa shape index (κ1) is 13.4. The molecule has 2 aromatic heterocycles. The fourth-order valence-corrected chi connectivity index (χ4v) is 4.08. The van der Waals surface area contributed by atoms with Crippen LogP contribution < -0.4 is 0 Å². The van der Waals surface area contributed by atoms with Gasteiger partial charge in [0.25, 0.3) is 0 Å². The normalized spacial score (nSPS) is 29.1. The number of nitrogens with zero attached hydrogens (tertiary/aromatic N) is 4. The highest BCUT2D eigenvalue weighted by Crippen LogP contribution is 2.43. The Balaban J connectivity index is 1.57. The van der Waals surface area contributed by atoms with Crippen molar-refractivity contribution < 1.29 is 9.26 Å². The molecule has 0 amide bonds. The Bertz CT molecular complexity index is 655. The van der Waals surface area contributed by atoms with Crippen molar-refractivity contribution >= 4 is 11.3 Å². The molecule has 0 spiro atoms. The average Bonchev–Trinajstić information content (AvgIpc) is 3.14. The Labute approximate surface area is 127 Å². The van der Waals surface area contributed by atoms with E-state index in [4.69, 9.17) is 9.26 Å². The van der Waals surface area contributed by atoms with Crippen LogP contribution in [0.15, 0.2) is 9.90 Å². The third-order valence-electron chi connectivity index (χ3n) is 4.45. The van der Waals surface area contributed by atoms with Crippen LogP contribution in [0.2, 0.25) is 0 Å². The van der Waals surface area contributed by atoms with Crippen LogP contribution in [0.25, 0.3) is 0 Å². The molecular weight excluding hydrogens is 288 g/mol. The molecule has 2 fully saturated rings. The highest BCUT2D eigenvalue weighted by atomic mass is 32.1. The van der Waals surface area contributed by atoms with Crippen LogP contribution >= 0.6 is 11.3 Å². The fourth-order valence-electron chi connectivity index (χ4n) is 3.47. The van der Waals surface area contributed by atoms with Crippen LogP contribution in [0, 0.1) is 19.8 Å². The van der Waals surface area contributed by atoms with Gasteiger partial charge >= 0.3 is 0 Å². The smallest absolute Gasteiger partial charge is 0.236 e. The largest absolute Gasteiger partial charge is 0.380 e. The molecule has 0 aromatic carbocycles. The molecule has 4 heterocycles. The molecule has 2 saturated heterocycles. The molecule has 0 unspecified atom stereocenters. The number of aromatic nitrogens is 3. The van der Waals surface area contributed by atoms with Crippen molar-refractivity contribution in [3.63, 3.8) is 0 Å². The lowest BCUT2D eigenvalue weighted by atomic mass is 9.81. The Morgan fingerprint density at radius 1 is 1.43 bits per heavy atom. The fraction of sp³-hybridized carbons (Fsp3) is 0.643.